The molecule has 1 amide bonds. The molecule has 1 rings (SSSR count). The van der Waals surface area contributed by atoms with Gasteiger partial charge in [0.2, 0.25) is 0 Å². The predicted molar refractivity (Wildman–Crippen MR) is 59.6 cm³/mol. The molecule has 0 aliphatic carbocycles. The Morgan fingerprint density at radius 3 is 2.67 bits per heavy atom. The van der Waals surface area contributed by atoms with Crippen molar-refractivity contribution in [3.05, 3.63) is 29.3 Å². The van der Waals surface area contributed by atoms with E-state index < -0.39 is 0 Å². The zero-order valence-corrected chi connectivity index (χ0v) is 9.28. The third-order valence-corrected chi connectivity index (χ3v) is 2.07. The summed E-state index contributed by atoms with van der Waals surface area (Å²) in [5.74, 6) is -0.0608. The molecule has 0 unspecified atom stereocenters. The van der Waals surface area contributed by atoms with Crippen molar-refractivity contribution in [2.75, 3.05) is 26.9 Å². The second kappa shape index (κ2) is 4.79. The smallest absolute Gasteiger partial charge is 0.253 e. The molecule has 0 aliphatic heterocycles. The fourth-order valence-electron chi connectivity index (χ4n) is 1.32. The minimum atomic E-state index is -0.0608. The number of methoxy groups -OCH3 is 1. The molecule has 0 heterocycles. The van der Waals surface area contributed by atoms with Crippen LogP contribution in [0.15, 0.2) is 18.2 Å². The lowest BCUT2D eigenvalue weighted by molar-refractivity contribution is 0.0822. The van der Waals surface area contributed by atoms with Crippen molar-refractivity contribution in [1.82, 2.24) is 4.90 Å². The summed E-state index contributed by atoms with van der Waals surface area (Å²) in [4.78, 5) is 13.3. The van der Waals surface area contributed by atoms with Gasteiger partial charge in [-0.15, -0.1) is 0 Å². The van der Waals surface area contributed by atoms with Gasteiger partial charge in [0.1, 0.15) is 0 Å². The summed E-state index contributed by atoms with van der Waals surface area (Å²) in [5, 5.41) is 0. The molecular formula is C11H16N2O2. The SMILES string of the molecule is COCc1ccc(N)cc1C(=O)N(C)C. The summed E-state index contributed by atoms with van der Waals surface area (Å²) in [6.07, 6.45) is 0. The molecule has 0 spiro atoms. The van der Waals surface area contributed by atoms with E-state index in [1.165, 1.54) is 4.90 Å². The summed E-state index contributed by atoms with van der Waals surface area (Å²) < 4.78 is 5.03. The second-order valence-corrected chi connectivity index (χ2v) is 3.55. The van der Waals surface area contributed by atoms with Gasteiger partial charge in [-0.2, -0.15) is 0 Å². The van der Waals surface area contributed by atoms with Gasteiger partial charge in [0, 0.05) is 32.5 Å². The summed E-state index contributed by atoms with van der Waals surface area (Å²) in [5.41, 5.74) is 7.68. The van der Waals surface area contributed by atoms with Crippen LogP contribution in [0.4, 0.5) is 5.69 Å². The highest BCUT2D eigenvalue weighted by molar-refractivity contribution is 5.96. The molecule has 4 nitrogen and oxygen atoms in total. The Morgan fingerprint density at radius 2 is 2.13 bits per heavy atom. The Hall–Kier alpha value is -1.55. The first-order valence-electron chi connectivity index (χ1n) is 4.65. The Kier molecular flexibility index (Phi) is 3.68. The summed E-state index contributed by atoms with van der Waals surface area (Å²) >= 11 is 0. The molecule has 4 heteroatoms. The Morgan fingerprint density at radius 1 is 1.47 bits per heavy atom. The molecule has 0 aliphatic rings. The van der Waals surface area contributed by atoms with E-state index in [4.69, 9.17) is 10.5 Å². The molecular weight excluding hydrogens is 192 g/mol. The van der Waals surface area contributed by atoms with E-state index in [0.717, 1.165) is 5.56 Å². The number of ether oxygens (including phenoxy) is 1. The van der Waals surface area contributed by atoms with Gasteiger partial charge in [-0.05, 0) is 17.7 Å². The number of rotatable bonds is 3. The number of anilines is 1. The minimum absolute atomic E-state index is 0.0608. The van der Waals surface area contributed by atoms with Crippen LogP contribution in [0, 0.1) is 0 Å². The fourth-order valence-corrected chi connectivity index (χ4v) is 1.32. The van der Waals surface area contributed by atoms with E-state index in [0.29, 0.717) is 17.9 Å². The van der Waals surface area contributed by atoms with Crippen molar-refractivity contribution < 1.29 is 9.53 Å². The van der Waals surface area contributed by atoms with Crippen molar-refractivity contribution in [2.45, 2.75) is 6.61 Å². The van der Waals surface area contributed by atoms with Gasteiger partial charge in [0.15, 0.2) is 0 Å². The molecule has 1 aromatic carbocycles. The van der Waals surface area contributed by atoms with E-state index in [1.807, 2.05) is 6.07 Å². The predicted octanol–water partition coefficient (Wildman–Crippen LogP) is 1.12. The lowest BCUT2D eigenvalue weighted by Crippen LogP contribution is -2.23. The van der Waals surface area contributed by atoms with Gasteiger partial charge >= 0.3 is 0 Å². The monoisotopic (exact) mass is 208 g/mol. The van der Waals surface area contributed by atoms with Crippen molar-refractivity contribution >= 4 is 11.6 Å². The van der Waals surface area contributed by atoms with Crippen LogP contribution in [0.2, 0.25) is 0 Å². The normalized spacial score (nSPS) is 10.1. The third kappa shape index (κ3) is 2.70. The zero-order valence-electron chi connectivity index (χ0n) is 9.28. The quantitative estimate of drug-likeness (QED) is 0.757. The van der Waals surface area contributed by atoms with Gasteiger partial charge < -0.3 is 15.4 Å². The number of hydrogen-bond acceptors (Lipinski definition) is 3. The molecule has 2 N–H and O–H groups in total. The highest BCUT2D eigenvalue weighted by Crippen LogP contribution is 2.16. The van der Waals surface area contributed by atoms with Crippen LogP contribution >= 0.6 is 0 Å². The lowest BCUT2D eigenvalue weighted by Gasteiger charge is -2.14. The van der Waals surface area contributed by atoms with Crippen molar-refractivity contribution in [3.8, 4) is 0 Å². The lowest BCUT2D eigenvalue weighted by atomic mass is 10.1. The molecule has 0 saturated heterocycles. The number of carbonyl (C=O) groups is 1. The second-order valence-electron chi connectivity index (χ2n) is 3.55. The van der Waals surface area contributed by atoms with Crippen molar-refractivity contribution in [3.63, 3.8) is 0 Å². The first-order chi connectivity index (χ1) is 7.06. The molecule has 15 heavy (non-hydrogen) atoms. The first-order valence-corrected chi connectivity index (χ1v) is 4.65. The van der Waals surface area contributed by atoms with Gasteiger partial charge in [-0.1, -0.05) is 6.07 Å². The van der Waals surface area contributed by atoms with E-state index >= 15 is 0 Å². The van der Waals surface area contributed by atoms with Gasteiger partial charge in [0.05, 0.1) is 6.61 Å². The number of benzene rings is 1. The van der Waals surface area contributed by atoms with E-state index in [9.17, 15) is 4.79 Å². The van der Waals surface area contributed by atoms with Crippen LogP contribution in [0.5, 0.6) is 0 Å². The maximum Gasteiger partial charge on any atom is 0.253 e. The van der Waals surface area contributed by atoms with E-state index in [-0.39, 0.29) is 5.91 Å². The van der Waals surface area contributed by atoms with Gasteiger partial charge in [-0.3, -0.25) is 4.79 Å². The van der Waals surface area contributed by atoms with Crippen LogP contribution < -0.4 is 5.73 Å². The van der Waals surface area contributed by atoms with Gasteiger partial charge in [0.25, 0.3) is 5.91 Å². The maximum absolute atomic E-state index is 11.8. The molecule has 1 aromatic rings. The van der Waals surface area contributed by atoms with Crippen molar-refractivity contribution in [2.24, 2.45) is 0 Å². The molecule has 0 atom stereocenters. The highest BCUT2D eigenvalue weighted by Gasteiger charge is 2.13. The van der Waals surface area contributed by atoms with Crippen LogP contribution in [-0.2, 0) is 11.3 Å². The van der Waals surface area contributed by atoms with Crippen LogP contribution in [0.25, 0.3) is 0 Å². The van der Waals surface area contributed by atoms with Crippen LogP contribution in [0.1, 0.15) is 15.9 Å². The minimum Gasteiger partial charge on any atom is -0.399 e. The van der Waals surface area contributed by atoms with Gasteiger partial charge in [-0.25, -0.2) is 0 Å². The number of nitrogens with two attached hydrogens (primary N) is 1. The molecule has 0 bridgehead atoms. The Balaban J connectivity index is 3.12. The largest absolute Gasteiger partial charge is 0.399 e. The number of nitrogen functional groups attached to an aromatic ring is 1. The van der Waals surface area contributed by atoms with Crippen molar-refractivity contribution in [1.29, 1.82) is 0 Å². The topological polar surface area (TPSA) is 55.6 Å². The standard InChI is InChI=1S/C11H16N2O2/c1-13(2)11(14)10-6-9(12)5-4-8(10)7-15-3/h4-6H,7,12H2,1-3H3. The summed E-state index contributed by atoms with van der Waals surface area (Å²) in [7, 11) is 5.02. The molecule has 0 fully saturated rings. The molecule has 0 saturated carbocycles. The Bertz CT molecular complexity index is 362. The number of amides is 1. The van der Waals surface area contributed by atoms with E-state index in [2.05, 4.69) is 0 Å². The van der Waals surface area contributed by atoms with Crippen LogP contribution in [0.3, 0.4) is 0 Å². The maximum atomic E-state index is 11.8. The summed E-state index contributed by atoms with van der Waals surface area (Å²) in [6, 6.07) is 5.26. The highest BCUT2D eigenvalue weighted by atomic mass is 16.5. The molecule has 0 radical (unpaired) electrons. The number of nitrogens with zero attached hydrogens (tertiary/aromatic N) is 1. The first kappa shape index (κ1) is 11.5. The van der Waals surface area contributed by atoms with Crippen LogP contribution in [-0.4, -0.2) is 32.0 Å². The average Bonchev–Trinajstić information content (AvgIpc) is 2.20. The Labute approximate surface area is 89.6 Å². The molecule has 82 valence electrons. The zero-order chi connectivity index (χ0) is 11.4. The average molecular weight is 208 g/mol. The summed E-state index contributed by atoms with van der Waals surface area (Å²) in [6.45, 7) is 0.412. The number of hydrogen-bond donors (Lipinski definition) is 1. The molecule has 0 aromatic heterocycles. The third-order valence-electron chi connectivity index (χ3n) is 2.07. The number of carbonyl (C=O) groups excluding carboxylic acids is 1. The fraction of sp³-hybridized carbons (Fsp3) is 0.364. The van der Waals surface area contributed by atoms with E-state index in [1.54, 1.807) is 33.3 Å².